The van der Waals surface area contributed by atoms with E-state index in [1.165, 1.54) is 0 Å². The molecule has 0 aliphatic heterocycles. The topological polar surface area (TPSA) is 57.4 Å². The zero-order valence-electron chi connectivity index (χ0n) is 18.8. The fraction of sp³-hybridized carbons (Fsp3) is 0.222. The van der Waals surface area contributed by atoms with Gasteiger partial charge in [-0.05, 0) is 65.6 Å². The number of para-hydroxylation sites is 1. The van der Waals surface area contributed by atoms with Crippen molar-refractivity contribution in [2.24, 2.45) is 0 Å². The van der Waals surface area contributed by atoms with Crippen molar-refractivity contribution in [2.45, 2.75) is 19.4 Å². The number of hydrogen-bond donors (Lipinski definition) is 2. The number of benzene rings is 3. The van der Waals surface area contributed by atoms with Crippen LogP contribution in [0.15, 0.2) is 72.8 Å². The summed E-state index contributed by atoms with van der Waals surface area (Å²) >= 11 is 0. The number of carbonyl (C=O) groups excluding carboxylic acids is 1. The second-order valence-corrected chi connectivity index (χ2v) is 8.09. The number of fused-ring (bicyclic) bond motifs is 1. The van der Waals surface area contributed by atoms with Crippen molar-refractivity contribution >= 4 is 22.5 Å². The smallest absolute Gasteiger partial charge is 0.220 e. The summed E-state index contributed by atoms with van der Waals surface area (Å²) < 4.78 is 5.29. The summed E-state index contributed by atoms with van der Waals surface area (Å²) in [6, 6.07) is 24.5. The molecule has 0 fully saturated rings. The normalized spacial score (nSPS) is 10.8. The van der Waals surface area contributed by atoms with Gasteiger partial charge in [-0.3, -0.25) is 4.79 Å². The first-order chi connectivity index (χ1) is 15.5. The zero-order chi connectivity index (χ0) is 22.5. The van der Waals surface area contributed by atoms with E-state index in [0.29, 0.717) is 19.4 Å². The van der Waals surface area contributed by atoms with E-state index in [0.717, 1.165) is 44.7 Å². The number of nitrogens with one attached hydrogen (secondary N) is 2. The molecule has 5 heteroatoms. The molecule has 0 atom stereocenters. The molecule has 0 saturated carbocycles. The molecular weight excluding hydrogens is 398 g/mol. The van der Waals surface area contributed by atoms with E-state index in [2.05, 4.69) is 51.6 Å². The summed E-state index contributed by atoms with van der Waals surface area (Å²) in [4.78, 5) is 18.2. The number of hydrogen-bond acceptors (Lipinski definition) is 3. The number of H-pyrrole nitrogens is 1. The Kier molecular flexibility index (Phi) is 6.45. The van der Waals surface area contributed by atoms with Crippen molar-refractivity contribution in [3.05, 3.63) is 83.9 Å². The Balaban J connectivity index is 1.46. The second-order valence-electron chi connectivity index (χ2n) is 8.09. The summed E-state index contributed by atoms with van der Waals surface area (Å²) in [6.07, 6.45) is 1.09. The Morgan fingerprint density at radius 1 is 0.969 bits per heavy atom. The number of aryl methyl sites for hydroxylation is 1. The first-order valence-corrected chi connectivity index (χ1v) is 10.8. The SMILES string of the molecule is COc1ccc(-c2[nH]c3ccccc3c2CCC(=O)NCc2ccc(N(C)C)cc2)cc1. The summed E-state index contributed by atoms with van der Waals surface area (Å²) in [6.45, 7) is 0.533. The molecular formula is C27H29N3O2. The van der Waals surface area contributed by atoms with Gasteiger partial charge >= 0.3 is 0 Å². The summed E-state index contributed by atoms with van der Waals surface area (Å²) in [5, 5.41) is 4.21. The summed E-state index contributed by atoms with van der Waals surface area (Å²) in [7, 11) is 5.70. The Labute approximate surface area is 189 Å². The molecule has 5 nitrogen and oxygen atoms in total. The van der Waals surface area contributed by atoms with Crippen molar-refractivity contribution in [1.29, 1.82) is 0 Å². The summed E-state index contributed by atoms with van der Waals surface area (Å²) in [5.41, 5.74) is 6.62. The third kappa shape index (κ3) is 4.78. The highest BCUT2D eigenvalue weighted by atomic mass is 16.5. The van der Waals surface area contributed by atoms with E-state index in [-0.39, 0.29) is 5.91 Å². The Morgan fingerprint density at radius 3 is 2.38 bits per heavy atom. The molecule has 0 spiro atoms. The number of amides is 1. The maximum Gasteiger partial charge on any atom is 0.220 e. The minimum absolute atomic E-state index is 0.0487. The molecule has 0 aliphatic rings. The first kappa shape index (κ1) is 21.5. The molecule has 4 rings (SSSR count). The van der Waals surface area contributed by atoms with Gasteiger partial charge in [0.1, 0.15) is 5.75 Å². The lowest BCUT2D eigenvalue weighted by Gasteiger charge is -2.13. The highest BCUT2D eigenvalue weighted by Gasteiger charge is 2.14. The van der Waals surface area contributed by atoms with Gasteiger partial charge in [0.15, 0.2) is 0 Å². The Morgan fingerprint density at radius 2 is 1.69 bits per heavy atom. The predicted octanol–water partition coefficient (Wildman–Crippen LogP) is 5.16. The quantitative estimate of drug-likeness (QED) is 0.408. The minimum Gasteiger partial charge on any atom is -0.497 e. The van der Waals surface area contributed by atoms with Crippen molar-refractivity contribution in [2.75, 3.05) is 26.1 Å². The van der Waals surface area contributed by atoms with Gasteiger partial charge in [-0.15, -0.1) is 0 Å². The molecule has 0 saturated heterocycles. The van der Waals surface area contributed by atoms with E-state index in [4.69, 9.17) is 4.74 Å². The molecule has 1 amide bonds. The minimum atomic E-state index is 0.0487. The van der Waals surface area contributed by atoms with E-state index in [1.807, 2.05) is 50.5 Å². The predicted molar refractivity (Wildman–Crippen MR) is 131 cm³/mol. The van der Waals surface area contributed by atoms with Crippen LogP contribution in [-0.4, -0.2) is 32.1 Å². The fourth-order valence-electron chi connectivity index (χ4n) is 3.90. The Hall–Kier alpha value is -3.73. The largest absolute Gasteiger partial charge is 0.497 e. The molecule has 0 radical (unpaired) electrons. The molecule has 3 aromatic carbocycles. The van der Waals surface area contributed by atoms with Crippen molar-refractivity contribution in [3.63, 3.8) is 0 Å². The zero-order valence-corrected chi connectivity index (χ0v) is 18.8. The van der Waals surface area contributed by atoms with Crippen LogP contribution in [0.2, 0.25) is 0 Å². The average Bonchev–Trinajstić information content (AvgIpc) is 3.20. The number of aromatic nitrogens is 1. The van der Waals surface area contributed by atoms with Crippen molar-refractivity contribution < 1.29 is 9.53 Å². The van der Waals surface area contributed by atoms with Crippen molar-refractivity contribution in [1.82, 2.24) is 10.3 Å². The van der Waals surface area contributed by atoms with E-state index in [1.54, 1.807) is 7.11 Å². The van der Waals surface area contributed by atoms with Gasteiger partial charge in [0.25, 0.3) is 0 Å². The van der Waals surface area contributed by atoms with Crippen LogP contribution in [0.5, 0.6) is 5.75 Å². The number of nitrogens with zero attached hydrogens (tertiary/aromatic N) is 1. The van der Waals surface area contributed by atoms with Gasteiger partial charge in [-0.25, -0.2) is 0 Å². The molecule has 164 valence electrons. The van der Waals surface area contributed by atoms with Crippen LogP contribution in [0.1, 0.15) is 17.5 Å². The van der Waals surface area contributed by atoms with Crippen LogP contribution < -0.4 is 15.0 Å². The standard InChI is InChI=1S/C27H29N3O2/c1-30(2)21-12-8-19(9-13-21)18-28-26(31)17-16-24-23-6-4-5-7-25(23)29-27(24)20-10-14-22(32-3)15-11-20/h4-15,29H,16-18H2,1-3H3,(H,28,31). The highest BCUT2D eigenvalue weighted by molar-refractivity contribution is 5.91. The molecule has 2 N–H and O–H groups in total. The molecule has 0 unspecified atom stereocenters. The molecule has 4 aromatic rings. The number of ether oxygens (including phenoxy) is 1. The lowest BCUT2D eigenvalue weighted by Crippen LogP contribution is -2.23. The van der Waals surface area contributed by atoms with Gasteiger partial charge in [0.05, 0.1) is 7.11 Å². The van der Waals surface area contributed by atoms with Gasteiger partial charge < -0.3 is 19.9 Å². The molecule has 0 bridgehead atoms. The van der Waals surface area contributed by atoms with Crippen molar-refractivity contribution in [3.8, 4) is 17.0 Å². The molecule has 0 aliphatic carbocycles. The van der Waals surface area contributed by atoms with Gasteiger partial charge in [-0.1, -0.05) is 30.3 Å². The number of anilines is 1. The number of carbonyl (C=O) groups is 1. The van der Waals surface area contributed by atoms with E-state index in [9.17, 15) is 4.79 Å². The van der Waals surface area contributed by atoms with Crippen LogP contribution in [0, 0.1) is 0 Å². The lowest BCUT2D eigenvalue weighted by atomic mass is 10.0. The van der Waals surface area contributed by atoms with Crippen LogP contribution in [-0.2, 0) is 17.8 Å². The first-order valence-electron chi connectivity index (χ1n) is 10.8. The maximum absolute atomic E-state index is 12.6. The van der Waals surface area contributed by atoms with Crippen LogP contribution in [0.3, 0.4) is 0 Å². The van der Waals surface area contributed by atoms with Crippen LogP contribution in [0.4, 0.5) is 5.69 Å². The second kappa shape index (κ2) is 9.60. The highest BCUT2D eigenvalue weighted by Crippen LogP contribution is 2.32. The molecule has 1 aromatic heterocycles. The van der Waals surface area contributed by atoms with Gasteiger partial charge in [0.2, 0.25) is 5.91 Å². The number of aromatic amines is 1. The number of methoxy groups -OCH3 is 1. The monoisotopic (exact) mass is 427 g/mol. The van der Waals surface area contributed by atoms with E-state index >= 15 is 0 Å². The van der Waals surface area contributed by atoms with Crippen LogP contribution >= 0.6 is 0 Å². The summed E-state index contributed by atoms with van der Waals surface area (Å²) in [5.74, 6) is 0.872. The van der Waals surface area contributed by atoms with Crippen LogP contribution in [0.25, 0.3) is 22.2 Å². The number of rotatable bonds is 8. The maximum atomic E-state index is 12.6. The molecule has 32 heavy (non-hydrogen) atoms. The third-order valence-electron chi connectivity index (χ3n) is 5.74. The lowest BCUT2D eigenvalue weighted by molar-refractivity contribution is -0.121. The van der Waals surface area contributed by atoms with Gasteiger partial charge in [0, 0.05) is 49.3 Å². The Bertz CT molecular complexity index is 1190. The molecule has 1 heterocycles. The third-order valence-corrected chi connectivity index (χ3v) is 5.74. The van der Waals surface area contributed by atoms with Gasteiger partial charge in [-0.2, -0.15) is 0 Å². The van der Waals surface area contributed by atoms with E-state index < -0.39 is 0 Å². The average molecular weight is 428 g/mol. The fourth-order valence-corrected chi connectivity index (χ4v) is 3.90.